The van der Waals surface area contributed by atoms with E-state index in [1.165, 1.54) is 24.0 Å². The lowest BCUT2D eigenvalue weighted by atomic mass is 9.92. The molecule has 20 heavy (non-hydrogen) atoms. The van der Waals surface area contributed by atoms with Gasteiger partial charge in [-0.3, -0.25) is 4.79 Å². The van der Waals surface area contributed by atoms with E-state index >= 15 is 0 Å². The SMILES string of the molecule is O=Cc1ccc(Cl)cc1Oc1ccc2c(c1)CCCC2. The van der Waals surface area contributed by atoms with Crippen LogP contribution >= 0.6 is 11.6 Å². The van der Waals surface area contributed by atoms with Crippen LogP contribution in [0.4, 0.5) is 0 Å². The molecule has 2 aromatic rings. The largest absolute Gasteiger partial charge is 0.457 e. The van der Waals surface area contributed by atoms with Crippen molar-refractivity contribution in [2.75, 3.05) is 0 Å². The molecule has 102 valence electrons. The number of aryl methyl sites for hydroxylation is 2. The van der Waals surface area contributed by atoms with Crippen molar-refractivity contribution in [2.45, 2.75) is 25.7 Å². The first-order valence-corrected chi connectivity index (χ1v) is 7.18. The molecule has 1 aliphatic rings. The zero-order valence-corrected chi connectivity index (χ0v) is 11.8. The molecule has 0 heterocycles. The van der Waals surface area contributed by atoms with E-state index in [-0.39, 0.29) is 0 Å². The third-order valence-electron chi connectivity index (χ3n) is 3.65. The van der Waals surface area contributed by atoms with Crippen LogP contribution in [0, 0.1) is 0 Å². The standard InChI is InChI=1S/C17H15ClO2/c18-15-7-5-14(11-19)17(10-15)20-16-8-6-12-3-1-2-4-13(12)9-16/h5-11H,1-4H2. The second kappa shape index (κ2) is 5.68. The molecule has 0 bridgehead atoms. The highest BCUT2D eigenvalue weighted by atomic mass is 35.5. The molecule has 0 amide bonds. The molecule has 0 saturated carbocycles. The first-order chi connectivity index (χ1) is 9.76. The highest BCUT2D eigenvalue weighted by Gasteiger charge is 2.11. The molecular formula is C17H15ClO2. The Morgan fingerprint density at radius 1 is 1.00 bits per heavy atom. The number of carbonyl (C=O) groups excluding carboxylic acids is 1. The number of rotatable bonds is 3. The molecule has 2 aromatic carbocycles. The number of halogens is 1. The first kappa shape index (κ1) is 13.2. The maximum Gasteiger partial charge on any atom is 0.153 e. The highest BCUT2D eigenvalue weighted by molar-refractivity contribution is 6.30. The summed E-state index contributed by atoms with van der Waals surface area (Å²) in [6.07, 6.45) is 5.52. The summed E-state index contributed by atoms with van der Waals surface area (Å²) < 4.78 is 5.83. The van der Waals surface area contributed by atoms with E-state index < -0.39 is 0 Å². The topological polar surface area (TPSA) is 26.3 Å². The number of ether oxygens (including phenoxy) is 1. The van der Waals surface area contributed by atoms with Crippen LogP contribution in [0.5, 0.6) is 11.5 Å². The summed E-state index contributed by atoms with van der Waals surface area (Å²) in [5.41, 5.74) is 3.26. The molecule has 0 aliphatic heterocycles. The number of benzene rings is 2. The van der Waals surface area contributed by atoms with Gasteiger partial charge in [0.15, 0.2) is 6.29 Å². The maximum absolute atomic E-state index is 11.0. The fourth-order valence-corrected chi connectivity index (χ4v) is 2.76. The van der Waals surface area contributed by atoms with Crippen molar-refractivity contribution >= 4 is 17.9 Å². The van der Waals surface area contributed by atoms with Gasteiger partial charge in [-0.15, -0.1) is 0 Å². The van der Waals surface area contributed by atoms with Crippen LogP contribution in [-0.2, 0) is 12.8 Å². The van der Waals surface area contributed by atoms with E-state index in [1.54, 1.807) is 18.2 Å². The summed E-state index contributed by atoms with van der Waals surface area (Å²) in [6, 6.07) is 11.2. The normalized spacial score (nSPS) is 13.7. The number of hydrogen-bond acceptors (Lipinski definition) is 2. The van der Waals surface area contributed by atoms with Crippen LogP contribution in [-0.4, -0.2) is 6.29 Å². The smallest absolute Gasteiger partial charge is 0.153 e. The zero-order valence-electron chi connectivity index (χ0n) is 11.1. The van der Waals surface area contributed by atoms with E-state index in [1.807, 2.05) is 6.07 Å². The quantitative estimate of drug-likeness (QED) is 0.756. The summed E-state index contributed by atoms with van der Waals surface area (Å²) in [4.78, 5) is 11.0. The summed E-state index contributed by atoms with van der Waals surface area (Å²) in [7, 11) is 0. The molecule has 0 atom stereocenters. The van der Waals surface area contributed by atoms with E-state index in [2.05, 4.69) is 12.1 Å². The Kier molecular flexibility index (Phi) is 3.75. The summed E-state index contributed by atoms with van der Waals surface area (Å²) >= 11 is 5.96. The van der Waals surface area contributed by atoms with Gasteiger partial charge in [0.2, 0.25) is 0 Å². The van der Waals surface area contributed by atoms with Crippen LogP contribution < -0.4 is 4.74 Å². The average molecular weight is 287 g/mol. The summed E-state index contributed by atoms with van der Waals surface area (Å²) in [5.74, 6) is 1.26. The van der Waals surface area contributed by atoms with Crippen LogP contribution in [0.3, 0.4) is 0 Å². The van der Waals surface area contributed by atoms with Crippen LogP contribution in [0.1, 0.15) is 34.3 Å². The Balaban J connectivity index is 1.91. The predicted molar refractivity (Wildman–Crippen MR) is 80.0 cm³/mol. The second-order valence-electron chi connectivity index (χ2n) is 5.04. The molecule has 0 N–H and O–H groups in total. The molecule has 0 saturated heterocycles. The van der Waals surface area contributed by atoms with Crippen molar-refractivity contribution < 1.29 is 9.53 Å². The Hall–Kier alpha value is -1.80. The second-order valence-corrected chi connectivity index (χ2v) is 5.48. The Morgan fingerprint density at radius 3 is 2.60 bits per heavy atom. The molecule has 0 radical (unpaired) electrons. The van der Waals surface area contributed by atoms with Gasteiger partial charge in [0.25, 0.3) is 0 Å². The maximum atomic E-state index is 11.0. The van der Waals surface area contributed by atoms with Gasteiger partial charge in [-0.1, -0.05) is 17.7 Å². The van der Waals surface area contributed by atoms with Crippen molar-refractivity contribution in [1.82, 2.24) is 0 Å². The summed E-state index contributed by atoms with van der Waals surface area (Å²) in [5, 5.41) is 0.559. The third kappa shape index (κ3) is 2.70. The molecule has 1 aliphatic carbocycles. The zero-order chi connectivity index (χ0) is 13.9. The number of aldehydes is 1. The molecule has 0 fully saturated rings. The van der Waals surface area contributed by atoms with Gasteiger partial charge in [-0.2, -0.15) is 0 Å². The summed E-state index contributed by atoms with van der Waals surface area (Å²) in [6.45, 7) is 0. The molecule has 0 unspecified atom stereocenters. The first-order valence-electron chi connectivity index (χ1n) is 6.80. The highest BCUT2D eigenvalue weighted by Crippen LogP contribution is 2.31. The molecule has 3 heteroatoms. The Labute approximate surface area is 123 Å². The van der Waals surface area contributed by atoms with E-state index in [4.69, 9.17) is 16.3 Å². The molecule has 2 nitrogen and oxygen atoms in total. The Morgan fingerprint density at radius 2 is 1.80 bits per heavy atom. The number of carbonyl (C=O) groups is 1. The van der Waals surface area contributed by atoms with Crippen molar-refractivity contribution in [3.8, 4) is 11.5 Å². The lowest BCUT2D eigenvalue weighted by Crippen LogP contribution is -2.02. The minimum absolute atomic E-state index is 0.503. The fourth-order valence-electron chi connectivity index (χ4n) is 2.59. The monoisotopic (exact) mass is 286 g/mol. The van der Waals surface area contributed by atoms with Gasteiger partial charge in [0, 0.05) is 11.1 Å². The minimum atomic E-state index is 0.503. The molecule has 0 spiro atoms. The minimum Gasteiger partial charge on any atom is -0.457 e. The van der Waals surface area contributed by atoms with Gasteiger partial charge in [0.05, 0.1) is 5.56 Å². The van der Waals surface area contributed by atoms with Crippen LogP contribution in [0.25, 0.3) is 0 Å². The Bertz CT molecular complexity index is 649. The van der Waals surface area contributed by atoms with Crippen molar-refractivity contribution in [3.05, 3.63) is 58.1 Å². The van der Waals surface area contributed by atoms with Crippen LogP contribution in [0.15, 0.2) is 36.4 Å². The number of fused-ring (bicyclic) bond motifs is 1. The lowest BCUT2D eigenvalue weighted by molar-refractivity contribution is 0.112. The van der Waals surface area contributed by atoms with E-state index in [0.717, 1.165) is 24.9 Å². The van der Waals surface area contributed by atoms with Crippen molar-refractivity contribution in [3.63, 3.8) is 0 Å². The van der Waals surface area contributed by atoms with Gasteiger partial charge in [-0.05, 0) is 61.1 Å². The van der Waals surface area contributed by atoms with Gasteiger partial charge < -0.3 is 4.74 Å². The average Bonchev–Trinajstić information content (AvgIpc) is 2.47. The van der Waals surface area contributed by atoms with Crippen molar-refractivity contribution in [1.29, 1.82) is 0 Å². The lowest BCUT2D eigenvalue weighted by Gasteiger charge is -2.17. The van der Waals surface area contributed by atoms with Crippen LogP contribution in [0.2, 0.25) is 5.02 Å². The molecule has 0 aromatic heterocycles. The fraction of sp³-hybridized carbons (Fsp3) is 0.235. The van der Waals surface area contributed by atoms with Crippen molar-refractivity contribution in [2.24, 2.45) is 0 Å². The number of hydrogen-bond donors (Lipinski definition) is 0. The predicted octanol–water partition coefficient (Wildman–Crippen LogP) is 4.82. The van der Waals surface area contributed by atoms with Gasteiger partial charge >= 0.3 is 0 Å². The third-order valence-corrected chi connectivity index (χ3v) is 3.89. The van der Waals surface area contributed by atoms with Gasteiger partial charge in [0.1, 0.15) is 11.5 Å². The molecular weight excluding hydrogens is 272 g/mol. The molecule has 3 rings (SSSR count). The van der Waals surface area contributed by atoms with Gasteiger partial charge in [-0.25, -0.2) is 0 Å². The van der Waals surface area contributed by atoms with E-state index in [0.29, 0.717) is 16.3 Å². The van der Waals surface area contributed by atoms with E-state index in [9.17, 15) is 4.79 Å².